The van der Waals surface area contributed by atoms with E-state index in [0.717, 1.165) is 32.7 Å². The van der Waals surface area contributed by atoms with Gasteiger partial charge in [0, 0.05) is 34.8 Å². The molecule has 5 aromatic rings. The largest absolute Gasteiger partial charge is 0.366 e. The zero-order valence-corrected chi connectivity index (χ0v) is 23.1. The van der Waals surface area contributed by atoms with Crippen LogP contribution in [0.1, 0.15) is 11.1 Å². The minimum Gasteiger partial charge on any atom is -0.366 e. The molecule has 0 radical (unpaired) electrons. The van der Waals surface area contributed by atoms with Crippen LogP contribution in [-0.4, -0.2) is 23.0 Å². The SMILES string of the molecule is O=S(=O)(NCc1ccc(CNc2cc(-c3ccccc3Cl)nc3c(Br)cnn23)cc1)c1cccc(Cl)c1. The van der Waals surface area contributed by atoms with Crippen LogP contribution < -0.4 is 10.0 Å². The summed E-state index contributed by atoms with van der Waals surface area (Å²) in [5, 5.41) is 8.82. The molecule has 5 rings (SSSR count). The summed E-state index contributed by atoms with van der Waals surface area (Å²) in [5.74, 6) is 0.754. The van der Waals surface area contributed by atoms with E-state index >= 15 is 0 Å². The third-order valence-corrected chi connectivity index (χ3v) is 8.17. The highest BCUT2D eigenvalue weighted by Crippen LogP contribution is 2.30. The first-order chi connectivity index (χ1) is 17.8. The molecule has 0 spiro atoms. The maximum atomic E-state index is 12.5. The molecule has 0 fully saturated rings. The number of nitrogens with one attached hydrogen (secondary N) is 2. The van der Waals surface area contributed by atoms with E-state index in [0.29, 0.717) is 22.2 Å². The summed E-state index contributed by atoms with van der Waals surface area (Å²) < 4.78 is 30.2. The second-order valence-electron chi connectivity index (χ2n) is 8.19. The van der Waals surface area contributed by atoms with Crippen molar-refractivity contribution in [2.24, 2.45) is 0 Å². The summed E-state index contributed by atoms with van der Waals surface area (Å²) in [6.07, 6.45) is 1.70. The van der Waals surface area contributed by atoms with Crippen LogP contribution >= 0.6 is 39.1 Å². The van der Waals surface area contributed by atoms with Gasteiger partial charge in [0.1, 0.15) is 5.82 Å². The quantitative estimate of drug-likeness (QED) is 0.206. The second-order valence-corrected chi connectivity index (χ2v) is 11.7. The average molecular weight is 617 g/mol. The van der Waals surface area contributed by atoms with Crippen molar-refractivity contribution in [2.75, 3.05) is 5.32 Å². The number of hydrogen-bond acceptors (Lipinski definition) is 5. The number of rotatable bonds is 8. The fraction of sp³-hybridized carbons (Fsp3) is 0.0769. The second kappa shape index (κ2) is 10.8. The van der Waals surface area contributed by atoms with Gasteiger partial charge in [-0.1, -0.05) is 71.7 Å². The Kier molecular flexibility index (Phi) is 7.50. The van der Waals surface area contributed by atoms with Gasteiger partial charge in [-0.3, -0.25) is 0 Å². The zero-order valence-electron chi connectivity index (χ0n) is 19.2. The van der Waals surface area contributed by atoms with Gasteiger partial charge in [0.05, 0.1) is 21.3 Å². The Morgan fingerprint density at radius 1 is 0.892 bits per heavy atom. The highest BCUT2D eigenvalue weighted by atomic mass is 79.9. The molecular weight excluding hydrogens is 597 g/mol. The molecule has 0 saturated heterocycles. The molecule has 0 saturated carbocycles. The molecule has 2 heterocycles. The van der Waals surface area contributed by atoms with Gasteiger partial charge < -0.3 is 5.32 Å². The Labute approximate surface area is 232 Å². The van der Waals surface area contributed by atoms with Crippen LogP contribution in [0.15, 0.2) is 94.4 Å². The maximum Gasteiger partial charge on any atom is 0.240 e. The van der Waals surface area contributed by atoms with Gasteiger partial charge in [-0.25, -0.2) is 18.1 Å². The predicted octanol–water partition coefficient (Wildman–Crippen LogP) is 6.56. The number of aromatic nitrogens is 3. The van der Waals surface area contributed by atoms with Crippen molar-refractivity contribution < 1.29 is 8.42 Å². The van der Waals surface area contributed by atoms with E-state index in [9.17, 15) is 8.42 Å². The number of nitrogens with zero attached hydrogens (tertiary/aromatic N) is 3. The van der Waals surface area contributed by atoms with Gasteiger partial charge in [0.2, 0.25) is 10.0 Å². The molecule has 3 aromatic carbocycles. The Morgan fingerprint density at radius 2 is 1.62 bits per heavy atom. The van der Waals surface area contributed by atoms with Crippen LogP contribution in [0.25, 0.3) is 16.9 Å². The van der Waals surface area contributed by atoms with Crippen LogP contribution in [0, 0.1) is 0 Å². The van der Waals surface area contributed by atoms with Crippen LogP contribution in [0.2, 0.25) is 10.0 Å². The lowest BCUT2D eigenvalue weighted by atomic mass is 10.1. The third kappa shape index (κ3) is 5.81. The van der Waals surface area contributed by atoms with Gasteiger partial charge in [0.15, 0.2) is 5.65 Å². The van der Waals surface area contributed by atoms with E-state index in [4.69, 9.17) is 28.2 Å². The number of benzene rings is 3. The lowest BCUT2D eigenvalue weighted by molar-refractivity contribution is 0.581. The minimum atomic E-state index is -3.66. The van der Waals surface area contributed by atoms with Crippen molar-refractivity contribution in [3.05, 3.63) is 111 Å². The number of sulfonamides is 1. The Balaban J connectivity index is 1.30. The van der Waals surface area contributed by atoms with Gasteiger partial charge in [0.25, 0.3) is 0 Å². The van der Waals surface area contributed by atoms with Crippen molar-refractivity contribution in [1.29, 1.82) is 0 Å². The summed E-state index contributed by atoms with van der Waals surface area (Å²) in [4.78, 5) is 4.86. The van der Waals surface area contributed by atoms with Gasteiger partial charge in [-0.15, -0.1) is 0 Å². The molecule has 2 aromatic heterocycles. The highest BCUT2D eigenvalue weighted by molar-refractivity contribution is 9.10. The standard InChI is InChI=1S/C26H20BrCl2N5O2S/c27-22-16-31-34-25(13-24(33-26(22)34)21-6-1-2-7-23(21)29)30-14-17-8-10-18(11-9-17)15-32-37(35,36)20-5-3-4-19(28)12-20/h1-13,16,30,32H,14-15H2. The van der Waals surface area contributed by atoms with Crippen molar-refractivity contribution in [1.82, 2.24) is 19.3 Å². The van der Waals surface area contributed by atoms with E-state index in [2.05, 4.69) is 31.1 Å². The monoisotopic (exact) mass is 615 g/mol. The molecule has 37 heavy (non-hydrogen) atoms. The zero-order chi connectivity index (χ0) is 26.0. The number of hydrogen-bond donors (Lipinski definition) is 2. The number of anilines is 1. The lowest BCUT2D eigenvalue weighted by Crippen LogP contribution is -2.23. The molecule has 0 aliphatic rings. The summed E-state index contributed by atoms with van der Waals surface area (Å²) in [6, 6.07) is 23.3. The Hall–Kier alpha value is -2.95. The molecule has 0 atom stereocenters. The summed E-state index contributed by atoms with van der Waals surface area (Å²) in [6.45, 7) is 0.684. The number of fused-ring (bicyclic) bond motifs is 1. The number of halogens is 3. The summed E-state index contributed by atoms with van der Waals surface area (Å²) in [7, 11) is -3.66. The molecule has 0 aliphatic carbocycles. The predicted molar refractivity (Wildman–Crippen MR) is 150 cm³/mol. The van der Waals surface area contributed by atoms with E-state index in [1.165, 1.54) is 12.1 Å². The molecule has 7 nitrogen and oxygen atoms in total. The first-order valence-corrected chi connectivity index (χ1v) is 14.2. The Bertz CT molecular complexity index is 1690. The van der Waals surface area contributed by atoms with E-state index in [1.807, 2.05) is 54.6 Å². The fourth-order valence-corrected chi connectivity index (χ4v) is 5.63. The first-order valence-electron chi connectivity index (χ1n) is 11.2. The van der Waals surface area contributed by atoms with Crippen molar-refractivity contribution in [3.63, 3.8) is 0 Å². The normalized spacial score (nSPS) is 11.6. The minimum absolute atomic E-state index is 0.130. The first kappa shape index (κ1) is 25.7. The summed E-state index contributed by atoms with van der Waals surface area (Å²) >= 11 is 15.9. The van der Waals surface area contributed by atoms with Crippen molar-refractivity contribution >= 4 is 60.6 Å². The van der Waals surface area contributed by atoms with Crippen molar-refractivity contribution in [2.45, 2.75) is 18.0 Å². The van der Waals surface area contributed by atoms with E-state index in [1.54, 1.807) is 22.8 Å². The molecular formula is C26H20BrCl2N5O2S. The van der Waals surface area contributed by atoms with E-state index in [-0.39, 0.29) is 11.4 Å². The van der Waals surface area contributed by atoms with Gasteiger partial charge >= 0.3 is 0 Å². The molecule has 2 N–H and O–H groups in total. The third-order valence-electron chi connectivity index (χ3n) is 5.65. The van der Waals surface area contributed by atoms with Crippen LogP contribution in [-0.2, 0) is 23.1 Å². The van der Waals surface area contributed by atoms with Gasteiger partial charge in [-0.05, 0) is 51.3 Å². The molecule has 0 aliphatic heterocycles. The molecule has 0 bridgehead atoms. The average Bonchev–Trinajstić information content (AvgIpc) is 3.27. The molecule has 0 amide bonds. The van der Waals surface area contributed by atoms with Crippen LogP contribution in [0.5, 0.6) is 0 Å². The fourth-order valence-electron chi connectivity index (χ4n) is 3.73. The topological polar surface area (TPSA) is 88.4 Å². The molecule has 0 unspecified atom stereocenters. The summed E-state index contributed by atoms with van der Waals surface area (Å²) in [5.41, 5.74) is 4.06. The smallest absolute Gasteiger partial charge is 0.240 e. The van der Waals surface area contributed by atoms with Crippen molar-refractivity contribution in [3.8, 4) is 11.3 Å². The molecule has 11 heteroatoms. The van der Waals surface area contributed by atoms with Crippen LogP contribution in [0.3, 0.4) is 0 Å². The lowest BCUT2D eigenvalue weighted by Gasteiger charge is -2.12. The molecule has 188 valence electrons. The van der Waals surface area contributed by atoms with E-state index < -0.39 is 10.0 Å². The van der Waals surface area contributed by atoms with Crippen LogP contribution in [0.4, 0.5) is 5.82 Å². The maximum absolute atomic E-state index is 12.5. The highest BCUT2D eigenvalue weighted by Gasteiger charge is 2.15. The van der Waals surface area contributed by atoms with Gasteiger partial charge in [-0.2, -0.15) is 9.61 Å². The Morgan fingerprint density at radius 3 is 2.35 bits per heavy atom.